The van der Waals surface area contributed by atoms with E-state index in [0.717, 1.165) is 16.2 Å². The number of imide groups is 1. The standard InChI is InChI=1S/C10H10N2O4S/c1-5-8(9(15)16-2)17-10(11-5)12-6(13)3-4-7(12)14/h3-4H2,1-2H3. The minimum absolute atomic E-state index is 0.199. The molecular weight excluding hydrogens is 244 g/mol. The topological polar surface area (TPSA) is 76.6 Å². The number of carbonyl (C=O) groups excluding carboxylic acids is 3. The molecule has 7 heteroatoms. The molecule has 0 aliphatic carbocycles. The van der Waals surface area contributed by atoms with Gasteiger partial charge in [-0.1, -0.05) is 11.3 Å². The van der Waals surface area contributed by atoms with Crippen LogP contribution in [0, 0.1) is 6.92 Å². The monoisotopic (exact) mass is 254 g/mol. The second-order valence-electron chi connectivity index (χ2n) is 3.53. The van der Waals surface area contributed by atoms with Crippen LogP contribution in [0.25, 0.3) is 0 Å². The third kappa shape index (κ3) is 1.93. The predicted octanol–water partition coefficient (Wildman–Crippen LogP) is 0.892. The van der Waals surface area contributed by atoms with Gasteiger partial charge in [0.15, 0.2) is 5.13 Å². The highest BCUT2D eigenvalue weighted by Crippen LogP contribution is 2.30. The van der Waals surface area contributed by atoms with Crippen LogP contribution < -0.4 is 4.90 Å². The highest BCUT2D eigenvalue weighted by Gasteiger charge is 2.33. The molecule has 2 heterocycles. The van der Waals surface area contributed by atoms with Gasteiger partial charge in [-0.2, -0.15) is 0 Å². The second kappa shape index (κ2) is 4.25. The smallest absolute Gasteiger partial charge is 0.350 e. The van der Waals surface area contributed by atoms with E-state index in [0.29, 0.717) is 10.6 Å². The van der Waals surface area contributed by atoms with Gasteiger partial charge in [-0.15, -0.1) is 0 Å². The number of thiazole rings is 1. The molecule has 0 atom stereocenters. The van der Waals surface area contributed by atoms with Crippen molar-refractivity contribution >= 4 is 34.3 Å². The molecule has 1 saturated heterocycles. The van der Waals surface area contributed by atoms with Crippen molar-refractivity contribution in [2.24, 2.45) is 0 Å². The van der Waals surface area contributed by atoms with Gasteiger partial charge in [-0.25, -0.2) is 14.7 Å². The van der Waals surface area contributed by atoms with E-state index in [1.54, 1.807) is 6.92 Å². The van der Waals surface area contributed by atoms with Gasteiger partial charge >= 0.3 is 5.97 Å². The van der Waals surface area contributed by atoms with Gasteiger partial charge in [0.25, 0.3) is 0 Å². The van der Waals surface area contributed by atoms with Gasteiger partial charge in [0.1, 0.15) is 4.88 Å². The Balaban J connectivity index is 2.38. The van der Waals surface area contributed by atoms with Crippen molar-refractivity contribution in [2.45, 2.75) is 19.8 Å². The van der Waals surface area contributed by atoms with Crippen molar-refractivity contribution in [3.8, 4) is 0 Å². The fourth-order valence-corrected chi connectivity index (χ4v) is 2.57. The zero-order valence-electron chi connectivity index (χ0n) is 9.35. The van der Waals surface area contributed by atoms with E-state index in [9.17, 15) is 14.4 Å². The highest BCUT2D eigenvalue weighted by molar-refractivity contribution is 7.18. The minimum atomic E-state index is -0.509. The zero-order chi connectivity index (χ0) is 12.6. The molecule has 90 valence electrons. The first-order chi connectivity index (χ1) is 8.04. The van der Waals surface area contributed by atoms with Crippen molar-refractivity contribution in [1.82, 2.24) is 4.98 Å². The Bertz CT molecular complexity index is 492. The summed E-state index contributed by atoms with van der Waals surface area (Å²) in [6, 6.07) is 0. The third-order valence-corrected chi connectivity index (χ3v) is 3.52. The molecule has 1 aliphatic rings. The lowest BCUT2D eigenvalue weighted by Gasteiger charge is -2.08. The first-order valence-corrected chi connectivity index (χ1v) is 5.77. The second-order valence-corrected chi connectivity index (χ2v) is 4.50. The van der Waals surface area contributed by atoms with Crippen LogP contribution in [0.1, 0.15) is 28.2 Å². The van der Waals surface area contributed by atoms with E-state index >= 15 is 0 Å². The van der Waals surface area contributed by atoms with Crippen LogP contribution in [0.5, 0.6) is 0 Å². The van der Waals surface area contributed by atoms with Gasteiger partial charge in [0.2, 0.25) is 11.8 Å². The largest absolute Gasteiger partial charge is 0.465 e. The van der Waals surface area contributed by atoms with E-state index in [4.69, 9.17) is 0 Å². The number of aryl methyl sites for hydroxylation is 1. The highest BCUT2D eigenvalue weighted by atomic mass is 32.1. The van der Waals surface area contributed by atoms with Crippen molar-refractivity contribution in [1.29, 1.82) is 0 Å². The van der Waals surface area contributed by atoms with Crippen molar-refractivity contribution in [2.75, 3.05) is 12.0 Å². The van der Waals surface area contributed by atoms with Crippen LogP contribution in [-0.4, -0.2) is 29.9 Å². The molecule has 0 aromatic carbocycles. The van der Waals surface area contributed by atoms with Crippen LogP contribution in [0.3, 0.4) is 0 Å². The van der Waals surface area contributed by atoms with Crippen LogP contribution in [0.2, 0.25) is 0 Å². The summed E-state index contributed by atoms with van der Waals surface area (Å²) in [6.07, 6.45) is 0.399. The predicted molar refractivity (Wildman–Crippen MR) is 59.9 cm³/mol. The van der Waals surface area contributed by atoms with Gasteiger partial charge in [-0.3, -0.25) is 9.59 Å². The Morgan fingerprint density at radius 2 is 1.94 bits per heavy atom. The first-order valence-electron chi connectivity index (χ1n) is 4.96. The van der Waals surface area contributed by atoms with Crippen LogP contribution >= 0.6 is 11.3 Å². The van der Waals surface area contributed by atoms with Gasteiger partial charge in [0, 0.05) is 12.8 Å². The van der Waals surface area contributed by atoms with E-state index in [1.165, 1.54) is 7.11 Å². The summed E-state index contributed by atoms with van der Waals surface area (Å²) in [5.74, 6) is -1.06. The quantitative estimate of drug-likeness (QED) is 0.578. The molecule has 6 nitrogen and oxygen atoms in total. The molecule has 0 bridgehead atoms. The number of hydrogen-bond donors (Lipinski definition) is 0. The number of nitrogens with zero attached hydrogens (tertiary/aromatic N) is 2. The van der Waals surface area contributed by atoms with E-state index in [-0.39, 0.29) is 29.8 Å². The number of rotatable bonds is 2. The molecule has 17 heavy (non-hydrogen) atoms. The molecule has 1 aromatic heterocycles. The lowest BCUT2D eigenvalue weighted by Crippen LogP contribution is -2.28. The van der Waals surface area contributed by atoms with Crippen LogP contribution in [0.4, 0.5) is 5.13 Å². The number of anilines is 1. The molecule has 0 unspecified atom stereocenters. The molecule has 0 N–H and O–H groups in total. The lowest BCUT2D eigenvalue weighted by atomic mass is 10.4. The Morgan fingerprint density at radius 1 is 1.35 bits per heavy atom. The molecule has 0 saturated carbocycles. The third-order valence-electron chi connectivity index (χ3n) is 2.40. The number of ether oxygens (including phenoxy) is 1. The Morgan fingerprint density at radius 3 is 2.47 bits per heavy atom. The van der Waals surface area contributed by atoms with Crippen molar-refractivity contribution in [3.05, 3.63) is 10.6 Å². The average Bonchev–Trinajstić information content (AvgIpc) is 2.81. The molecular formula is C10H10N2O4S. The molecule has 1 aliphatic heterocycles. The number of aromatic nitrogens is 1. The van der Waals surface area contributed by atoms with Gasteiger partial charge in [-0.05, 0) is 6.92 Å². The average molecular weight is 254 g/mol. The summed E-state index contributed by atoms with van der Waals surface area (Å²) in [7, 11) is 1.27. The fraction of sp³-hybridized carbons (Fsp3) is 0.400. The summed E-state index contributed by atoms with van der Waals surface area (Å²) in [5.41, 5.74) is 0.462. The molecule has 1 aromatic rings. The first kappa shape index (κ1) is 11.7. The molecule has 0 radical (unpaired) electrons. The number of amides is 2. The van der Waals surface area contributed by atoms with Crippen molar-refractivity contribution in [3.63, 3.8) is 0 Å². The Kier molecular flexibility index (Phi) is 2.93. The number of hydrogen-bond acceptors (Lipinski definition) is 6. The summed E-state index contributed by atoms with van der Waals surface area (Å²) < 4.78 is 4.59. The number of methoxy groups -OCH3 is 1. The van der Waals surface area contributed by atoms with E-state index in [1.807, 2.05) is 0 Å². The maximum Gasteiger partial charge on any atom is 0.350 e. The molecule has 1 fully saturated rings. The molecule has 0 spiro atoms. The van der Waals surface area contributed by atoms with E-state index in [2.05, 4.69) is 9.72 Å². The summed E-state index contributed by atoms with van der Waals surface area (Å²) in [6.45, 7) is 1.64. The number of esters is 1. The molecule has 2 amide bonds. The SMILES string of the molecule is COC(=O)c1sc(N2C(=O)CCC2=O)nc1C. The minimum Gasteiger partial charge on any atom is -0.465 e. The zero-order valence-corrected chi connectivity index (χ0v) is 10.2. The van der Waals surface area contributed by atoms with Gasteiger partial charge in [0.05, 0.1) is 12.8 Å². The van der Waals surface area contributed by atoms with Crippen LogP contribution in [-0.2, 0) is 14.3 Å². The maximum atomic E-state index is 11.5. The summed E-state index contributed by atoms with van der Waals surface area (Å²) in [4.78, 5) is 39.8. The Labute approximate surface area is 101 Å². The number of carbonyl (C=O) groups is 3. The van der Waals surface area contributed by atoms with Crippen molar-refractivity contribution < 1.29 is 19.1 Å². The summed E-state index contributed by atoms with van der Waals surface area (Å²) >= 11 is 0.996. The van der Waals surface area contributed by atoms with E-state index < -0.39 is 5.97 Å². The Hall–Kier alpha value is -1.76. The maximum absolute atomic E-state index is 11.5. The van der Waals surface area contributed by atoms with Crippen LogP contribution in [0.15, 0.2) is 0 Å². The lowest BCUT2D eigenvalue weighted by molar-refractivity contribution is -0.121. The summed E-state index contributed by atoms with van der Waals surface area (Å²) in [5, 5.41) is 0.246. The van der Waals surface area contributed by atoms with Gasteiger partial charge < -0.3 is 4.74 Å². The fourth-order valence-electron chi connectivity index (χ4n) is 1.55. The molecule has 2 rings (SSSR count). The normalized spacial score (nSPS) is 15.5.